The number of nitrogens with zero attached hydrogens (tertiary/aromatic N) is 3. The number of nitrogens with one attached hydrogen (secondary N) is 1. The fraction of sp³-hybridized carbons (Fsp3) is 0.208. The summed E-state index contributed by atoms with van der Waals surface area (Å²) in [5, 5.41) is 3.21. The second-order valence-corrected chi connectivity index (χ2v) is 8.00. The minimum atomic E-state index is -0.484. The van der Waals surface area contributed by atoms with E-state index in [9.17, 15) is 9.18 Å². The third kappa shape index (κ3) is 2.83. The van der Waals surface area contributed by atoms with Crippen molar-refractivity contribution in [2.24, 2.45) is 0 Å². The maximum absolute atomic E-state index is 14.5. The number of cyclic esters (lactones) is 1. The molecule has 1 N–H and O–H groups in total. The molecule has 0 saturated carbocycles. The molecule has 0 unspecified atom stereocenters. The average molecular weight is 430 g/mol. The largest absolute Gasteiger partial charge is 0.493 e. The third-order valence-electron chi connectivity index (χ3n) is 6.03. The van der Waals surface area contributed by atoms with E-state index in [4.69, 9.17) is 9.47 Å². The Morgan fingerprint density at radius 2 is 2.06 bits per heavy atom. The van der Waals surface area contributed by atoms with Gasteiger partial charge in [0.15, 0.2) is 5.69 Å². The molecule has 2 aromatic heterocycles. The minimum Gasteiger partial charge on any atom is -0.493 e. The normalized spacial score (nSPS) is 14.2. The molecule has 0 radical (unpaired) electrons. The highest BCUT2D eigenvalue weighted by Crippen LogP contribution is 2.35. The van der Waals surface area contributed by atoms with E-state index in [0.29, 0.717) is 30.1 Å². The zero-order valence-electron chi connectivity index (χ0n) is 17.3. The van der Waals surface area contributed by atoms with Crippen molar-refractivity contribution >= 4 is 17.4 Å². The summed E-state index contributed by atoms with van der Waals surface area (Å²) in [5.74, 6) is 0.407. The van der Waals surface area contributed by atoms with Crippen LogP contribution in [0.2, 0.25) is 0 Å². The van der Waals surface area contributed by atoms with Crippen LogP contribution in [0.1, 0.15) is 32.7 Å². The first-order valence-electron chi connectivity index (χ1n) is 10.4. The molecule has 4 aromatic rings. The van der Waals surface area contributed by atoms with E-state index in [1.54, 1.807) is 23.0 Å². The molecule has 0 atom stereocenters. The molecule has 0 bridgehead atoms. The highest BCUT2D eigenvalue weighted by atomic mass is 19.1. The minimum absolute atomic E-state index is 0.175. The van der Waals surface area contributed by atoms with E-state index < -0.39 is 5.97 Å². The fourth-order valence-corrected chi connectivity index (χ4v) is 4.48. The number of rotatable bonds is 3. The Kier molecular flexibility index (Phi) is 4.14. The van der Waals surface area contributed by atoms with Gasteiger partial charge in [0.25, 0.3) is 0 Å². The van der Waals surface area contributed by atoms with Gasteiger partial charge < -0.3 is 14.8 Å². The number of benzene rings is 2. The Morgan fingerprint density at radius 3 is 2.97 bits per heavy atom. The lowest BCUT2D eigenvalue weighted by atomic mass is 9.97. The van der Waals surface area contributed by atoms with Crippen LogP contribution in [0.3, 0.4) is 0 Å². The molecule has 7 nitrogen and oxygen atoms in total. The first kappa shape index (κ1) is 18.8. The Bertz CT molecular complexity index is 1410. The van der Waals surface area contributed by atoms with Crippen molar-refractivity contribution in [2.45, 2.75) is 26.5 Å². The van der Waals surface area contributed by atoms with Gasteiger partial charge in [0.05, 0.1) is 12.1 Å². The summed E-state index contributed by atoms with van der Waals surface area (Å²) in [6.07, 6.45) is 3.94. The number of hydrogen-bond acceptors (Lipinski definition) is 6. The van der Waals surface area contributed by atoms with E-state index in [-0.39, 0.29) is 24.7 Å². The number of halogens is 1. The van der Waals surface area contributed by atoms with E-state index >= 15 is 0 Å². The zero-order chi connectivity index (χ0) is 21.8. The zero-order valence-corrected chi connectivity index (χ0v) is 17.3. The molecule has 2 aliphatic heterocycles. The van der Waals surface area contributed by atoms with Crippen molar-refractivity contribution in [1.29, 1.82) is 0 Å². The van der Waals surface area contributed by atoms with Crippen molar-refractivity contribution in [2.75, 3.05) is 11.9 Å². The van der Waals surface area contributed by atoms with Crippen LogP contribution in [-0.2, 0) is 24.3 Å². The smallest absolute Gasteiger partial charge is 0.359 e. The molecule has 0 amide bonds. The topological polar surface area (TPSA) is 77.8 Å². The highest BCUT2D eigenvalue weighted by Gasteiger charge is 2.25. The third-order valence-corrected chi connectivity index (χ3v) is 6.03. The first-order valence-corrected chi connectivity index (χ1v) is 10.4. The maximum atomic E-state index is 14.5. The second kappa shape index (κ2) is 7.05. The van der Waals surface area contributed by atoms with Crippen LogP contribution in [0, 0.1) is 12.7 Å². The predicted molar refractivity (Wildman–Crippen MR) is 115 cm³/mol. The van der Waals surface area contributed by atoms with Gasteiger partial charge in [-0.2, -0.15) is 0 Å². The lowest BCUT2D eigenvalue weighted by Crippen LogP contribution is -2.13. The number of hydrogen-bond donors (Lipinski definition) is 1. The molecule has 2 aromatic carbocycles. The molecule has 0 fully saturated rings. The standard InChI is InChI=1S/C24H19FN4O3/c1-13-2-3-15-14(8-13)11-32-23(30)21-22-18(15)10-27-24(29(22)12-28-21)26-9-17-16-6-7-31-20(16)5-4-19(17)25/h2-5,8,10,12H,6-7,9,11H2,1H3,(H,26,27). The average Bonchev–Trinajstić information content (AvgIpc) is 3.44. The molecule has 6 rings (SSSR count). The lowest BCUT2D eigenvalue weighted by molar-refractivity contribution is 0.0468. The lowest BCUT2D eigenvalue weighted by Gasteiger charge is -2.17. The van der Waals surface area contributed by atoms with E-state index in [1.165, 1.54) is 6.07 Å². The molecular formula is C24H19FN4O3. The van der Waals surface area contributed by atoms with Crippen molar-refractivity contribution in [1.82, 2.24) is 14.4 Å². The molecule has 0 spiro atoms. The summed E-state index contributed by atoms with van der Waals surface area (Å²) >= 11 is 0. The highest BCUT2D eigenvalue weighted by molar-refractivity contribution is 6.01. The quantitative estimate of drug-likeness (QED) is 0.494. The van der Waals surface area contributed by atoms with Crippen molar-refractivity contribution in [3.05, 3.63) is 76.6 Å². The molecular weight excluding hydrogens is 411 g/mol. The molecule has 0 saturated heterocycles. The Labute approximate surface area is 182 Å². The Balaban J connectivity index is 1.45. The van der Waals surface area contributed by atoms with Gasteiger partial charge in [-0.25, -0.2) is 19.2 Å². The van der Waals surface area contributed by atoms with Crippen LogP contribution in [0.4, 0.5) is 10.3 Å². The number of imidazole rings is 1. The van der Waals surface area contributed by atoms with Gasteiger partial charge in [-0.1, -0.05) is 23.8 Å². The SMILES string of the molecule is Cc1ccc2c(c1)COC(=O)c1ncn3c(NCc4c(F)ccc5c4CCO5)ncc-2c13. The van der Waals surface area contributed by atoms with E-state index in [0.717, 1.165) is 33.6 Å². The number of esters is 1. The number of carbonyl (C=O) groups is 1. The summed E-state index contributed by atoms with van der Waals surface area (Å²) in [6.45, 7) is 2.95. The summed E-state index contributed by atoms with van der Waals surface area (Å²) in [4.78, 5) is 21.6. The summed E-state index contributed by atoms with van der Waals surface area (Å²) < 4.78 is 27.3. The van der Waals surface area contributed by atoms with E-state index in [1.807, 2.05) is 25.1 Å². The van der Waals surface area contributed by atoms with Crippen LogP contribution in [0.25, 0.3) is 16.6 Å². The number of ether oxygens (including phenoxy) is 2. The summed E-state index contributed by atoms with van der Waals surface area (Å²) in [5.41, 5.74) is 6.01. The molecule has 8 heteroatoms. The number of fused-ring (bicyclic) bond motifs is 3. The van der Waals surface area contributed by atoms with Crippen LogP contribution in [0.5, 0.6) is 5.75 Å². The van der Waals surface area contributed by atoms with Crippen molar-refractivity contribution < 1.29 is 18.7 Å². The van der Waals surface area contributed by atoms with Gasteiger partial charge in [0, 0.05) is 35.9 Å². The van der Waals surface area contributed by atoms with Crippen LogP contribution in [-0.4, -0.2) is 26.9 Å². The van der Waals surface area contributed by atoms with Gasteiger partial charge in [-0.05, 0) is 30.2 Å². The molecule has 0 aliphatic carbocycles. The monoisotopic (exact) mass is 430 g/mol. The predicted octanol–water partition coefficient (Wildman–Crippen LogP) is 4.06. The van der Waals surface area contributed by atoms with Crippen LogP contribution in [0.15, 0.2) is 42.9 Å². The fourth-order valence-electron chi connectivity index (χ4n) is 4.48. The number of aryl methyl sites for hydroxylation is 1. The maximum Gasteiger partial charge on any atom is 0.359 e. The van der Waals surface area contributed by atoms with Gasteiger partial charge in [-0.15, -0.1) is 0 Å². The molecule has 4 heterocycles. The second-order valence-electron chi connectivity index (χ2n) is 8.00. The number of carbonyl (C=O) groups excluding carboxylic acids is 1. The Hall–Kier alpha value is -3.94. The van der Waals surface area contributed by atoms with Crippen molar-refractivity contribution in [3.63, 3.8) is 0 Å². The summed E-state index contributed by atoms with van der Waals surface area (Å²) in [6, 6.07) is 9.12. The van der Waals surface area contributed by atoms with Gasteiger partial charge in [0.2, 0.25) is 5.95 Å². The molecule has 160 valence electrons. The van der Waals surface area contributed by atoms with E-state index in [2.05, 4.69) is 15.3 Å². The first-order chi connectivity index (χ1) is 15.6. The van der Waals surface area contributed by atoms with Crippen LogP contribution < -0.4 is 10.1 Å². The summed E-state index contributed by atoms with van der Waals surface area (Å²) in [7, 11) is 0. The van der Waals surface area contributed by atoms with Gasteiger partial charge >= 0.3 is 5.97 Å². The molecule has 2 aliphatic rings. The Morgan fingerprint density at radius 1 is 1.16 bits per heavy atom. The number of anilines is 1. The number of aromatic nitrogens is 3. The van der Waals surface area contributed by atoms with Crippen LogP contribution >= 0.6 is 0 Å². The van der Waals surface area contributed by atoms with Crippen molar-refractivity contribution in [3.8, 4) is 16.9 Å². The molecule has 32 heavy (non-hydrogen) atoms. The van der Waals surface area contributed by atoms with Gasteiger partial charge in [-0.3, -0.25) is 4.40 Å². The van der Waals surface area contributed by atoms with Gasteiger partial charge in [0.1, 0.15) is 24.5 Å².